The lowest BCUT2D eigenvalue weighted by Crippen LogP contribution is -2.43. The highest BCUT2D eigenvalue weighted by molar-refractivity contribution is 6.04. The summed E-state index contributed by atoms with van der Waals surface area (Å²) in [4.78, 5) is 13.3. The van der Waals surface area contributed by atoms with E-state index < -0.39 is 5.60 Å². The van der Waals surface area contributed by atoms with Gasteiger partial charge in [0.2, 0.25) is 5.69 Å². The Kier molecular flexibility index (Phi) is 5.43. The number of nitrogens with one attached hydrogen (secondary N) is 1. The monoisotopic (exact) mass is 503 g/mol. The molecule has 0 atom stereocenters. The van der Waals surface area contributed by atoms with Crippen molar-refractivity contribution in [3.05, 3.63) is 47.9 Å². The molecule has 0 bridgehead atoms. The maximum Gasteiger partial charge on any atom is 0.325 e. The third-order valence-electron chi connectivity index (χ3n) is 8.80. The second kappa shape index (κ2) is 8.72. The van der Waals surface area contributed by atoms with Crippen LogP contribution in [-0.4, -0.2) is 38.2 Å². The Hall–Kier alpha value is -3.13. The summed E-state index contributed by atoms with van der Waals surface area (Å²) in [6.07, 6.45) is 12.3. The van der Waals surface area contributed by atoms with Crippen LogP contribution in [0.2, 0.25) is 0 Å². The summed E-state index contributed by atoms with van der Waals surface area (Å²) in [5, 5.41) is 30.4. The van der Waals surface area contributed by atoms with Crippen molar-refractivity contribution >= 4 is 22.5 Å². The van der Waals surface area contributed by atoms with Gasteiger partial charge in [-0.05, 0) is 88.2 Å². The van der Waals surface area contributed by atoms with E-state index in [-0.39, 0.29) is 17.6 Å². The summed E-state index contributed by atoms with van der Waals surface area (Å²) >= 11 is 0. The predicted octanol–water partition coefficient (Wildman–Crippen LogP) is 4.74. The number of benzene rings is 1. The summed E-state index contributed by atoms with van der Waals surface area (Å²) in [5.74, 6) is 1.61. The van der Waals surface area contributed by atoms with Crippen LogP contribution in [0.4, 0.5) is 5.69 Å². The molecule has 4 aliphatic rings. The van der Waals surface area contributed by atoms with E-state index in [4.69, 9.17) is 9.84 Å². The molecule has 8 nitrogen and oxygen atoms in total. The number of ether oxygens (including phenoxy) is 1. The van der Waals surface area contributed by atoms with Gasteiger partial charge in [0.1, 0.15) is 5.75 Å². The molecule has 4 aliphatic carbocycles. The lowest BCUT2D eigenvalue weighted by Gasteiger charge is -2.36. The van der Waals surface area contributed by atoms with Crippen LogP contribution >= 0.6 is 0 Å². The van der Waals surface area contributed by atoms with Crippen molar-refractivity contribution in [3.63, 3.8) is 0 Å². The number of aliphatic hydroxyl groups is 1. The molecule has 0 unspecified atom stereocenters. The Labute approximate surface area is 216 Å². The summed E-state index contributed by atoms with van der Waals surface area (Å²) in [6.45, 7) is 0.620. The standard InChI is InChI=1S/C29H34N4O4/c34-28(26-3-1-2-25(33(26)36)19-6-7-19)30-24-14-20-16-32(22-10-12-29(35,13-11-22)21-8-9-21)31-23(20)15-27(24)37-17-18-4-5-18/h1-3,14-16,18-19,21-22,35H,4-13,17H2,(H-,30,34,36)/p+1. The van der Waals surface area contributed by atoms with Crippen LogP contribution in [0.25, 0.3) is 10.9 Å². The number of hydrogen-bond acceptors (Lipinski definition) is 5. The van der Waals surface area contributed by atoms with E-state index in [0.29, 0.717) is 35.8 Å². The summed E-state index contributed by atoms with van der Waals surface area (Å²) in [7, 11) is 0. The number of amides is 1. The van der Waals surface area contributed by atoms with Crippen molar-refractivity contribution in [1.82, 2.24) is 9.78 Å². The van der Waals surface area contributed by atoms with E-state index in [1.54, 1.807) is 6.07 Å². The minimum atomic E-state index is -0.481. The first-order valence-electron chi connectivity index (χ1n) is 13.9. The molecule has 3 aromatic rings. The molecule has 7 rings (SSSR count). The van der Waals surface area contributed by atoms with Gasteiger partial charge in [0.05, 0.1) is 29.5 Å². The molecule has 0 spiro atoms. The third-order valence-corrected chi connectivity index (χ3v) is 8.80. The third kappa shape index (κ3) is 4.56. The Morgan fingerprint density at radius 2 is 1.89 bits per heavy atom. The van der Waals surface area contributed by atoms with Crippen LogP contribution in [0.15, 0.2) is 36.5 Å². The molecule has 194 valence electrons. The number of rotatable bonds is 8. The molecule has 0 radical (unpaired) electrons. The maximum atomic E-state index is 13.3. The SMILES string of the molecule is O=C(Nc1cc2cn(C3CCC(O)(C4CC4)CC3)nc2cc1OCC1CC1)c1cccc(C2CC2)[n+]1O. The molecule has 3 N–H and O–H groups in total. The normalized spacial score (nSPS) is 25.8. The van der Waals surface area contributed by atoms with Gasteiger partial charge in [-0.25, -0.2) is 0 Å². The quantitative estimate of drug-likeness (QED) is 0.305. The number of carbonyl (C=O) groups excluding carboxylic acids is 1. The van der Waals surface area contributed by atoms with Crippen LogP contribution < -0.4 is 14.8 Å². The summed E-state index contributed by atoms with van der Waals surface area (Å²) in [6, 6.07) is 9.43. The van der Waals surface area contributed by atoms with Crippen LogP contribution in [0.3, 0.4) is 0 Å². The minimum Gasteiger partial charge on any atom is -0.491 e. The second-order valence-corrected chi connectivity index (χ2v) is 11.8. The van der Waals surface area contributed by atoms with Crippen LogP contribution in [0.5, 0.6) is 5.75 Å². The Balaban J connectivity index is 1.15. The zero-order chi connectivity index (χ0) is 25.1. The number of aromatic nitrogens is 3. The first-order chi connectivity index (χ1) is 18.0. The minimum absolute atomic E-state index is 0.207. The number of carbonyl (C=O) groups is 1. The van der Waals surface area contributed by atoms with Crippen molar-refractivity contribution in [3.8, 4) is 5.75 Å². The van der Waals surface area contributed by atoms with Gasteiger partial charge >= 0.3 is 11.6 Å². The number of pyridine rings is 1. The van der Waals surface area contributed by atoms with Crippen molar-refractivity contribution in [2.45, 2.75) is 81.8 Å². The van der Waals surface area contributed by atoms with Crippen molar-refractivity contribution in [2.75, 3.05) is 11.9 Å². The van der Waals surface area contributed by atoms with Gasteiger partial charge in [-0.1, -0.05) is 0 Å². The average Bonchev–Trinajstić information content (AvgIpc) is 3.74. The highest BCUT2D eigenvalue weighted by Crippen LogP contribution is 2.49. The van der Waals surface area contributed by atoms with Crippen LogP contribution in [0, 0.1) is 11.8 Å². The van der Waals surface area contributed by atoms with Crippen LogP contribution in [0.1, 0.15) is 92.4 Å². The van der Waals surface area contributed by atoms with E-state index in [2.05, 4.69) is 5.32 Å². The molecule has 8 heteroatoms. The van der Waals surface area contributed by atoms with Gasteiger partial charge in [-0.15, -0.1) is 0 Å². The fourth-order valence-corrected chi connectivity index (χ4v) is 5.93. The van der Waals surface area contributed by atoms with E-state index in [9.17, 15) is 15.1 Å². The van der Waals surface area contributed by atoms with Gasteiger partial charge in [0.15, 0.2) is 0 Å². The van der Waals surface area contributed by atoms with Crippen molar-refractivity contribution < 1.29 is 24.6 Å². The molecular formula is C29H35N4O4+. The first kappa shape index (κ1) is 23.0. The lowest BCUT2D eigenvalue weighted by molar-refractivity contribution is -0.910. The smallest absolute Gasteiger partial charge is 0.325 e. The van der Waals surface area contributed by atoms with Gasteiger partial charge in [0.25, 0.3) is 0 Å². The largest absolute Gasteiger partial charge is 0.491 e. The Morgan fingerprint density at radius 1 is 1.11 bits per heavy atom. The molecule has 37 heavy (non-hydrogen) atoms. The predicted molar refractivity (Wildman–Crippen MR) is 137 cm³/mol. The summed E-state index contributed by atoms with van der Waals surface area (Å²) in [5.41, 5.74) is 1.92. The van der Waals surface area contributed by atoms with Gasteiger partial charge in [-0.3, -0.25) is 14.7 Å². The number of hydrogen-bond donors (Lipinski definition) is 3. The van der Waals surface area contributed by atoms with E-state index in [1.165, 1.54) is 12.8 Å². The highest BCUT2D eigenvalue weighted by atomic mass is 16.5. The molecule has 0 aliphatic heterocycles. The average molecular weight is 504 g/mol. The molecule has 0 saturated heterocycles. The van der Waals surface area contributed by atoms with Crippen molar-refractivity contribution in [1.29, 1.82) is 0 Å². The Morgan fingerprint density at radius 3 is 2.59 bits per heavy atom. The number of nitrogens with zero attached hydrogens (tertiary/aromatic N) is 3. The zero-order valence-electron chi connectivity index (χ0n) is 21.1. The lowest BCUT2D eigenvalue weighted by atomic mass is 9.79. The fraction of sp³-hybridized carbons (Fsp3) is 0.552. The van der Waals surface area contributed by atoms with Gasteiger partial charge in [-0.2, -0.15) is 5.10 Å². The zero-order valence-corrected chi connectivity index (χ0v) is 21.1. The van der Waals surface area contributed by atoms with Gasteiger partial charge in [0, 0.05) is 40.4 Å². The van der Waals surface area contributed by atoms with Crippen molar-refractivity contribution in [2.24, 2.45) is 11.8 Å². The highest BCUT2D eigenvalue weighted by Gasteiger charge is 2.46. The second-order valence-electron chi connectivity index (χ2n) is 11.8. The number of fused-ring (bicyclic) bond motifs is 1. The molecule has 4 fully saturated rings. The first-order valence-corrected chi connectivity index (χ1v) is 13.9. The molecule has 1 aromatic carbocycles. The molecule has 1 amide bonds. The van der Waals surface area contributed by atoms with E-state index in [1.807, 2.05) is 35.1 Å². The number of anilines is 1. The van der Waals surface area contributed by atoms with Crippen LogP contribution in [-0.2, 0) is 0 Å². The molecular weight excluding hydrogens is 468 g/mol. The molecule has 2 heterocycles. The summed E-state index contributed by atoms with van der Waals surface area (Å²) < 4.78 is 9.22. The van der Waals surface area contributed by atoms with E-state index >= 15 is 0 Å². The Bertz CT molecular complexity index is 1350. The maximum absolute atomic E-state index is 13.3. The van der Waals surface area contributed by atoms with Gasteiger partial charge < -0.3 is 15.2 Å². The topological polar surface area (TPSA) is 100 Å². The molecule has 4 saturated carbocycles. The fourth-order valence-electron chi connectivity index (χ4n) is 5.93. The molecule has 2 aromatic heterocycles. The van der Waals surface area contributed by atoms with E-state index in [0.717, 1.165) is 72.7 Å².